The van der Waals surface area contributed by atoms with Gasteiger partial charge in [0.05, 0.1) is 19.8 Å². The Morgan fingerprint density at radius 3 is 2.74 bits per heavy atom. The van der Waals surface area contributed by atoms with Gasteiger partial charge in [0.25, 0.3) is 5.91 Å². The number of carbonyl (C=O) groups excluding carboxylic acids is 1. The fourth-order valence-electron chi connectivity index (χ4n) is 4.15. The Balaban J connectivity index is 1.86. The van der Waals surface area contributed by atoms with E-state index in [-0.39, 0.29) is 54.7 Å². The summed E-state index contributed by atoms with van der Waals surface area (Å²) in [5, 5.41) is 5.33. The van der Waals surface area contributed by atoms with Crippen LogP contribution in [0.1, 0.15) is 17.5 Å². The van der Waals surface area contributed by atoms with Gasteiger partial charge < -0.3 is 19.9 Å². The van der Waals surface area contributed by atoms with Gasteiger partial charge in [-0.05, 0) is 37.2 Å². The quantitative estimate of drug-likeness (QED) is 0.431. The number of carbonyl (C=O) groups is 1. The van der Waals surface area contributed by atoms with Gasteiger partial charge in [-0.1, -0.05) is 11.8 Å². The van der Waals surface area contributed by atoms with Gasteiger partial charge in [-0.15, -0.1) is 0 Å². The minimum atomic E-state index is -1.54. The molecular weight excluding hydrogens is 490 g/mol. The largest absolute Gasteiger partial charge is 0.490 e. The summed E-state index contributed by atoms with van der Waals surface area (Å²) in [5.74, 6) is -4.83. The van der Waals surface area contributed by atoms with E-state index in [0.717, 1.165) is 41.0 Å². The smallest absolute Gasteiger partial charge is 0.270 e. The number of hydrazone groups is 1. The van der Waals surface area contributed by atoms with Gasteiger partial charge in [0.15, 0.2) is 16.4 Å². The van der Waals surface area contributed by atoms with Crippen molar-refractivity contribution in [3.8, 4) is 5.75 Å². The molecule has 2 aliphatic heterocycles. The van der Waals surface area contributed by atoms with Crippen molar-refractivity contribution in [1.29, 1.82) is 0 Å². The molecule has 188 valence electrons. The normalized spacial score (nSPS) is 21.1. The highest BCUT2D eigenvalue weighted by Gasteiger charge is 2.57. The van der Waals surface area contributed by atoms with Crippen LogP contribution < -0.4 is 10.5 Å². The van der Waals surface area contributed by atoms with E-state index in [4.69, 9.17) is 19.9 Å². The number of benzene rings is 2. The number of fused-ring (bicyclic) bond motifs is 2. The van der Waals surface area contributed by atoms with Crippen molar-refractivity contribution < 1.29 is 36.6 Å². The maximum Gasteiger partial charge on any atom is 0.270 e. The van der Waals surface area contributed by atoms with Crippen LogP contribution in [0.15, 0.2) is 35.4 Å². The Hall–Kier alpha value is -2.67. The molecule has 0 radical (unpaired) electrons. The van der Waals surface area contributed by atoms with E-state index in [1.807, 2.05) is 0 Å². The van der Waals surface area contributed by atoms with E-state index < -0.39 is 46.6 Å². The van der Waals surface area contributed by atoms with Crippen molar-refractivity contribution in [3.05, 3.63) is 64.7 Å². The Morgan fingerprint density at radius 1 is 1.20 bits per heavy atom. The minimum absolute atomic E-state index is 0.00510. The summed E-state index contributed by atoms with van der Waals surface area (Å²) < 4.78 is 73.7. The summed E-state index contributed by atoms with van der Waals surface area (Å²) >= 11 is 0.897. The van der Waals surface area contributed by atoms with Crippen molar-refractivity contribution in [3.63, 3.8) is 0 Å². The van der Waals surface area contributed by atoms with E-state index in [1.165, 1.54) is 7.11 Å². The molecule has 35 heavy (non-hydrogen) atoms. The highest BCUT2D eigenvalue weighted by Crippen LogP contribution is 2.58. The number of hydrogen-bond donors (Lipinski definition) is 1. The molecule has 1 spiro atoms. The molecule has 2 heterocycles. The molecule has 0 unspecified atom stereocenters. The molecule has 0 aliphatic carbocycles. The molecule has 2 aliphatic rings. The zero-order valence-electron chi connectivity index (χ0n) is 18.7. The first-order chi connectivity index (χ1) is 16.8. The van der Waals surface area contributed by atoms with Crippen LogP contribution in [0.5, 0.6) is 5.75 Å². The molecule has 0 saturated carbocycles. The fourth-order valence-corrected chi connectivity index (χ4v) is 5.67. The van der Waals surface area contributed by atoms with Crippen LogP contribution in [-0.4, -0.2) is 56.0 Å². The molecule has 7 nitrogen and oxygen atoms in total. The second-order valence-electron chi connectivity index (χ2n) is 7.93. The molecule has 4 rings (SSSR count). The summed E-state index contributed by atoms with van der Waals surface area (Å²) in [6.07, 6.45) is 0.285. The van der Waals surface area contributed by atoms with Crippen molar-refractivity contribution in [2.75, 3.05) is 40.1 Å². The standard InChI is InChI=1S/C23H23F4N3O4S/c1-32-6-7-33-12-20(31)30-23(35-22(29-30)16-8-14(24)2-3-18(16)26)13(4-5-28)11-34-21-17(23)9-15(25)10-19(21)27/h2-3,8-10,13H,4-7,11-12,28H2,1H3/t13-,23+/m1/s1. The average Bonchev–Trinajstić information content (AvgIpc) is 3.21. The molecule has 1 amide bonds. The topological polar surface area (TPSA) is 86.4 Å². The predicted molar refractivity (Wildman–Crippen MR) is 121 cm³/mol. The van der Waals surface area contributed by atoms with Gasteiger partial charge in [-0.2, -0.15) is 5.10 Å². The first-order valence-corrected chi connectivity index (χ1v) is 11.6. The summed E-state index contributed by atoms with van der Waals surface area (Å²) in [4.78, 5) is 11.8. The molecule has 2 atom stereocenters. The second kappa shape index (κ2) is 10.5. The van der Waals surface area contributed by atoms with Crippen molar-refractivity contribution >= 4 is 22.7 Å². The zero-order chi connectivity index (χ0) is 25.2. The summed E-state index contributed by atoms with van der Waals surface area (Å²) in [5.41, 5.74) is 5.62. The SMILES string of the molecule is COCCOCC(=O)N1N=C(c2cc(F)ccc2F)S[C@@]12c1cc(F)cc(F)c1OC[C@H]2CCN. The van der Waals surface area contributed by atoms with E-state index in [1.54, 1.807) is 0 Å². The third-order valence-electron chi connectivity index (χ3n) is 5.70. The lowest BCUT2D eigenvalue weighted by Gasteiger charge is -2.45. The van der Waals surface area contributed by atoms with E-state index in [2.05, 4.69) is 5.10 Å². The van der Waals surface area contributed by atoms with Crippen molar-refractivity contribution in [1.82, 2.24) is 5.01 Å². The van der Waals surface area contributed by atoms with Crippen molar-refractivity contribution in [2.24, 2.45) is 16.8 Å². The molecule has 0 fully saturated rings. The van der Waals surface area contributed by atoms with Crippen LogP contribution in [0.3, 0.4) is 0 Å². The van der Waals surface area contributed by atoms with Gasteiger partial charge in [0.1, 0.15) is 29.1 Å². The average molecular weight is 514 g/mol. The molecule has 2 aromatic carbocycles. The van der Waals surface area contributed by atoms with Crippen LogP contribution in [-0.2, 0) is 19.1 Å². The first kappa shape index (κ1) is 25.4. The number of nitrogens with two attached hydrogens (primary N) is 1. The van der Waals surface area contributed by atoms with Gasteiger partial charge in [0, 0.05) is 30.2 Å². The van der Waals surface area contributed by atoms with E-state index in [0.29, 0.717) is 6.07 Å². The minimum Gasteiger partial charge on any atom is -0.490 e. The van der Waals surface area contributed by atoms with Gasteiger partial charge in [-0.25, -0.2) is 22.6 Å². The molecule has 0 saturated heterocycles. The number of amides is 1. The fraction of sp³-hybridized carbons (Fsp3) is 0.391. The van der Waals surface area contributed by atoms with Crippen LogP contribution in [0, 0.1) is 29.2 Å². The maximum atomic E-state index is 14.7. The third-order valence-corrected chi connectivity index (χ3v) is 7.23. The van der Waals surface area contributed by atoms with Crippen LogP contribution >= 0.6 is 11.8 Å². The highest BCUT2D eigenvalue weighted by molar-refractivity contribution is 8.15. The van der Waals surface area contributed by atoms with E-state index >= 15 is 0 Å². The molecule has 2 N–H and O–H groups in total. The molecule has 12 heteroatoms. The lowest BCUT2D eigenvalue weighted by molar-refractivity contribution is -0.142. The summed E-state index contributed by atoms with van der Waals surface area (Å²) in [6.45, 7) is 0.0129. The first-order valence-electron chi connectivity index (χ1n) is 10.8. The van der Waals surface area contributed by atoms with Gasteiger partial charge in [-0.3, -0.25) is 4.79 Å². The monoisotopic (exact) mass is 513 g/mol. The Kier molecular flexibility index (Phi) is 7.64. The Labute approximate surface area is 203 Å². The lowest BCUT2D eigenvalue weighted by Crippen LogP contribution is -2.52. The predicted octanol–water partition coefficient (Wildman–Crippen LogP) is 3.35. The summed E-state index contributed by atoms with van der Waals surface area (Å²) in [6, 6.07) is 4.56. The Bertz CT molecular complexity index is 1150. The van der Waals surface area contributed by atoms with E-state index in [9.17, 15) is 22.4 Å². The van der Waals surface area contributed by atoms with Crippen LogP contribution in [0.25, 0.3) is 0 Å². The molecular formula is C23H23F4N3O4S. The number of methoxy groups -OCH3 is 1. The van der Waals surface area contributed by atoms with Gasteiger partial charge >= 0.3 is 0 Å². The highest BCUT2D eigenvalue weighted by atomic mass is 32.2. The van der Waals surface area contributed by atoms with Gasteiger partial charge in [0.2, 0.25) is 0 Å². The van der Waals surface area contributed by atoms with Crippen molar-refractivity contribution in [2.45, 2.75) is 11.3 Å². The number of hydrogen-bond acceptors (Lipinski definition) is 7. The molecule has 0 bridgehead atoms. The second-order valence-corrected chi connectivity index (χ2v) is 9.14. The maximum absolute atomic E-state index is 14.7. The number of thioether (sulfide) groups is 1. The lowest BCUT2D eigenvalue weighted by atomic mass is 9.86. The molecule has 2 aromatic rings. The van der Waals surface area contributed by atoms with Crippen LogP contribution in [0.4, 0.5) is 17.6 Å². The number of rotatable bonds is 8. The number of nitrogens with zero attached hydrogens (tertiary/aromatic N) is 2. The number of ether oxygens (including phenoxy) is 3. The third kappa shape index (κ3) is 4.75. The molecule has 0 aromatic heterocycles. The summed E-state index contributed by atoms with van der Waals surface area (Å²) in [7, 11) is 1.47. The zero-order valence-corrected chi connectivity index (χ0v) is 19.5. The van der Waals surface area contributed by atoms with Crippen LogP contribution in [0.2, 0.25) is 0 Å². The Morgan fingerprint density at radius 2 is 2.00 bits per heavy atom. The number of halogens is 4.